The second-order valence-electron chi connectivity index (χ2n) is 4.62. The van der Waals surface area contributed by atoms with Gasteiger partial charge in [-0.15, -0.1) is 0 Å². The minimum atomic E-state index is -0.206. The molecule has 0 aliphatic heterocycles. The van der Waals surface area contributed by atoms with E-state index in [9.17, 15) is 0 Å². The van der Waals surface area contributed by atoms with Gasteiger partial charge in [0.25, 0.3) is 0 Å². The van der Waals surface area contributed by atoms with Crippen LogP contribution in [-0.2, 0) is 11.2 Å². The van der Waals surface area contributed by atoms with Crippen molar-refractivity contribution in [1.82, 2.24) is 0 Å². The Kier molecular flexibility index (Phi) is 4.99. The number of ether oxygens (including phenoxy) is 2. The predicted molar refractivity (Wildman–Crippen MR) is 77.4 cm³/mol. The molecule has 100 valence electrons. The standard InChI is InChI=1S/C17H20O2/c1-14-8-11-16(12-9-14)19-17(18-2)13-10-15-6-4-3-5-7-15/h3-9,11-12,17H,10,13H2,1-2H3. The molecule has 0 saturated heterocycles. The van der Waals surface area contributed by atoms with Gasteiger partial charge in [0.15, 0.2) is 6.29 Å². The molecule has 0 fully saturated rings. The topological polar surface area (TPSA) is 18.5 Å². The highest BCUT2D eigenvalue weighted by molar-refractivity contribution is 5.26. The van der Waals surface area contributed by atoms with E-state index in [0.717, 1.165) is 18.6 Å². The molecule has 0 spiro atoms. The van der Waals surface area contributed by atoms with Gasteiger partial charge < -0.3 is 9.47 Å². The van der Waals surface area contributed by atoms with Crippen molar-refractivity contribution < 1.29 is 9.47 Å². The summed E-state index contributed by atoms with van der Waals surface area (Å²) in [4.78, 5) is 0. The molecule has 0 aliphatic rings. The lowest BCUT2D eigenvalue weighted by atomic mass is 10.1. The third-order valence-electron chi connectivity index (χ3n) is 3.06. The van der Waals surface area contributed by atoms with Gasteiger partial charge in [0.2, 0.25) is 0 Å². The number of hydrogen-bond acceptors (Lipinski definition) is 2. The molecule has 0 amide bonds. The quantitative estimate of drug-likeness (QED) is 0.728. The Balaban J connectivity index is 1.88. The Labute approximate surface area is 115 Å². The van der Waals surface area contributed by atoms with Crippen LogP contribution in [0, 0.1) is 6.92 Å². The van der Waals surface area contributed by atoms with E-state index < -0.39 is 0 Å². The first-order chi connectivity index (χ1) is 9.28. The van der Waals surface area contributed by atoms with Gasteiger partial charge in [0.05, 0.1) is 0 Å². The van der Waals surface area contributed by atoms with Gasteiger partial charge >= 0.3 is 0 Å². The van der Waals surface area contributed by atoms with Gasteiger partial charge in [0.1, 0.15) is 5.75 Å². The summed E-state index contributed by atoms with van der Waals surface area (Å²) in [7, 11) is 1.68. The Hall–Kier alpha value is -1.80. The van der Waals surface area contributed by atoms with Crippen LogP contribution in [0.25, 0.3) is 0 Å². The van der Waals surface area contributed by atoms with Crippen molar-refractivity contribution >= 4 is 0 Å². The third-order valence-corrected chi connectivity index (χ3v) is 3.06. The van der Waals surface area contributed by atoms with Crippen molar-refractivity contribution in [1.29, 1.82) is 0 Å². The van der Waals surface area contributed by atoms with Crippen molar-refractivity contribution in [2.45, 2.75) is 26.1 Å². The summed E-state index contributed by atoms with van der Waals surface area (Å²) in [6.45, 7) is 2.06. The van der Waals surface area contributed by atoms with Crippen molar-refractivity contribution in [3.8, 4) is 5.75 Å². The Morgan fingerprint density at radius 1 is 0.947 bits per heavy atom. The van der Waals surface area contributed by atoms with Crippen LogP contribution in [-0.4, -0.2) is 13.4 Å². The summed E-state index contributed by atoms with van der Waals surface area (Å²) in [6, 6.07) is 18.4. The van der Waals surface area contributed by atoms with Crippen molar-refractivity contribution in [3.63, 3.8) is 0 Å². The average molecular weight is 256 g/mol. The normalized spacial score (nSPS) is 12.1. The molecule has 1 atom stereocenters. The van der Waals surface area contributed by atoms with E-state index in [4.69, 9.17) is 9.47 Å². The van der Waals surface area contributed by atoms with Gasteiger partial charge in [-0.25, -0.2) is 0 Å². The lowest BCUT2D eigenvalue weighted by molar-refractivity contribution is -0.0577. The van der Waals surface area contributed by atoms with Gasteiger partial charge in [-0.2, -0.15) is 0 Å². The fraction of sp³-hybridized carbons (Fsp3) is 0.294. The third kappa shape index (κ3) is 4.42. The molecule has 2 rings (SSSR count). The van der Waals surface area contributed by atoms with Crippen LogP contribution < -0.4 is 4.74 Å². The monoisotopic (exact) mass is 256 g/mol. The zero-order valence-electron chi connectivity index (χ0n) is 11.5. The van der Waals surface area contributed by atoms with E-state index in [1.165, 1.54) is 11.1 Å². The number of benzene rings is 2. The Morgan fingerprint density at radius 3 is 2.26 bits per heavy atom. The van der Waals surface area contributed by atoms with Crippen LogP contribution >= 0.6 is 0 Å². The molecule has 0 N–H and O–H groups in total. The van der Waals surface area contributed by atoms with E-state index >= 15 is 0 Å². The van der Waals surface area contributed by atoms with Gasteiger partial charge in [-0.1, -0.05) is 48.0 Å². The predicted octanol–water partition coefficient (Wildman–Crippen LogP) is 3.98. The molecule has 0 heterocycles. The van der Waals surface area contributed by atoms with Crippen LogP contribution in [0.3, 0.4) is 0 Å². The lowest BCUT2D eigenvalue weighted by Gasteiger charge is -2.17. The zero-order chi connectivity index (χ0) is 13.5. The summed E-state index contributed by atoms with van der Waals surface area (Å²) in [5.41, 5.74) is 2.53. The molecule has 0 radical (unpaired) electrons. The summed E-state index contributed by atoms with van der Waals surface area (Å²) >= 11 is 0. The maximum Gasteiger partial charge on any atom is 0.199 e. The van der Waals surface area contributed by atoms with Crippen LogP contribution in [0.2, 0.25) is 0 Å². The smallest absolute Gasteiger partial charge is 0.199 e. The second kappa shape index (κ2) is 6.95. The summed E-state index contributed by atoms with van der Waals surface area (Å²) in [5, 5.41) is 0. The first kappa shape index (κ1) is 13.6. The second-order valence-corrected chi connectivity index (χ2v) is 4.62. The fourth-order valence-electron chi connectivity index (χ4n) is 1.92. The average Bonchev–Trinajstić information content (AvgIpc) is 2.46. The van der Waals surface area contributed by atoms with Gasteiger partial charge in [0, 0.05) is 13.5 Å². The lowest BCUT2D eigenvalue weighted by Crippen LogP contribution is -2.19. The molecular weight excluding hydrogens is 236 g/mol. The van der Waals surface area contributed by atoms with E-state index in [1.54, 1.807) is 7.11 Å². The van der Waals surface area contributed by atoms with E-state index in [2.05, 4.69) is 31.2 Å². The van der Waals surface area contributed by atoms with Crippen LogP contribution in [0.15, 0.2) is 54.6 Å². The molecule has 0 saturated carbocycles. The molecule has 2 aromatic rings. The van der Waals surface area contributed by atoms with Crippen molar-refractivity contribution in [2.24, 2.45) is 0 Å². The maximum atomic E-state index is 5.82. The van der Waals surface area contributed by atoms with Crippen molar-refractivity contribution in [3.05, 3.63) is 65.7 Å². The van der Waals surface area contributed by atoms with E-state index in [0.29, 0.717) is 0 Å². The molecule has 0 bridgehead atoms. The molecule has 19 heavy (non-hydrogen) atoms. The first-order valence-corrected chi connectivity index (χ1v) is 6.58. The van der Waals surface area contributed by atoms with E-state index in [1.807, 2.05) is 30.3 Å². The molecule has 2 aromatic carbocycles. The number of methoxy groups -OCH3 is 1. The SMILES string of the molecule is COC(CCc1ccccc1)Oc1ccc(C)cc1. The fourth-order valence-corrected chi connectivity index (χ4v) is 1.92. The Bertz CT molecular complexity index is 476. The summed E-state index contributed by atoms with van der Waals surface area (Å²) in [5.74, 6) is 0.852. The minimum absolute atomic E-state index is 0.206. The van der Waals surface area contributed by atoms with Crippen LogP contribution in [0.5, 0.6) is 5.75 Å². The van der Waals surface area contributed by atoms with E-state index in [-0.39, 0.29) is 6.29 Å². The first-order valence-electron chi connectivity index (χ1n) is 6.58. The molecular formula is C17H20O2. The molecule has 2 heteroatoms. The zero-order valence-corrected chi connectivity index (χ0v) is 11.5. The Morgan fingerprint density at radius 2 is 1.63 bits per heavy atom. The summed E-state index contributed by atoms with van der Waals surface area (Å²) in [6.07, 6.45) is 1.59. The minimum Gasteiger partial charge on any atom is -0.465 e. The highest BCUT2D eigenvalue weighted by Gasteiger charge is 2.09. The van der Waals surface area contributed by atoms with Crippen LogP contribution in [0.1, 0.15) is 17.5 Å². The number of hydrogen-bond donors (Lipinski definition) is 0. The highest BCUT2D eigenvalue weighted by Crippen LogP contribution is 2.16. The maximum absolute atomic E-state index is 5.82. The van der Waals surface area contributed by atoms with Crippen molar-refractivity contribution in [2.75, 3.05) is 7.11 Å². The van der Waals surface area contributed by atoms with Gasteiger partial charge in [-0.05, 0) is 31.0 Å². The molecule has 2 nitrogen and oxygen atoms in total. The number of rotatable bonds is 6. The van der Waals surface area contributed by atoms with Gasteiger partial charge in [-0.3, -0.25) is 0 Å². The molecule has 0 aliphatic carbocycles. The summed E-state index contributed by atoms with van der Waals surface area (Å²) < 4.78 is 11.2. The van der Waals surface area contributed by atoms with Crippen LogP contribution in [0.4, 0.5) is 0 Å². The highest BCUT2D eigenvalue weighted by atomic mass is 16.7. The number of aryl methyl sites for hydroxylation is 2. The largest absolute Gasteiger partial charge is 0.465 e. The molecule has 1 unspecified atom stereocenters. The molecule has 0 aromatic heterocycles.